The first-order chi connectivity index (χ1) is 13.8. The molecule has 150 valence electrons. The number of nitrogens with two attached hydrogens (primary N) is 1. The van der Waals surface area contributed by atoms with E-state index >= 15 is 0 Å². The van der Waals surface area contributed by atoms with Gasteiger partial charge in [-0.05, 0) is 49.9 Å². The highest BCUT2D eigenvalue weighted by molar-refractivity contribution is 9.10. The Morgan fingerprint density at radius 3 is 2.86 bits per heavy atom. The molecule has 0 radical (unpaired) electrons. The van der Waals surface area contributed by atoms with E-state index < -0.39 is 24.4 Å². The molecule has 0 saturated heterocycles. The van der Waals surface area contributed by atoms with Gasteiger partial charge in [-0.1, -0.05) is 15.9 Å². The number of amides is 2. The van der Waals surface area contributed by atoms with Gasteiger partial charge in [0.1, 0.15) is 10.6 Å². The van der Waals surface area contributed by atoms with Crippen molar-refractivity contribution < 1.29 is 23.5 Å². The molecule has 0 aliphatic heterocycles. The Morgan fingerprint density at radius 2 is 2.10 bits per heavy atom. The first-order valence-electron chi connectivity index (χ1n) is 8.95. The van der Waals surface area contributed by atoms with Gasteiger partial charge in [0.05, 0.1) is 5.56 Å². The molecule has 3 aromatic rings. The zero-order chi connectivity index (χ0) is 20.7. The molecule has 2 aromatic heterocycles. The highest BCUT2D eigenvalue weighted by Gasteiger charge is 2.26. The van der Waals surface area contributed by atoms with E-state index in [1.807, 2.05) is 12.1 Å². The fourth-order valence-electron chi connectivity index (χ4n) is 3.50. The fourth-order valence-corrected chi connectivity index (χ4v) is 5.17. The van der Waals surface area contributed by atoms with Gasteiger partial charge in [-0.2, -0.15) is 0 Å². The van der Waals surface area contributed by atoms with E-state index in [0.717, 1.165) is 39.6 Å². The van der Waals surface area contributed by atoms with Gasteiger partial charge in [0.2, 0.25) is 5.76 Å². The predicted molar refractivity (Wildman–Crippen MR) is 112 cm³/mol. The van der Waals surface area contributed by atoms with Crippen LogP contribution >= 0.6 is 27.3 Å². The lowest BCUT2D eigenvalue weighted by Gasteiger charge is -2.06. The summed E-state index contributed by atoms with van der Waals surface area (Å²) in [5.74, 6) is -1.79. The molecule has 0 saturated carbocycles. The van der Waals surface area contributed by atoms with Gasteiger partial charge in [0.15, 0.2) is 6.61 Å². The average molecular weight is 477 g/mol. The topological polar surface area (TPSA) is 112 Å². The van der Waals surface area contributed by atoms with E-state index in [4.69, 9.17) is 14.9 Å². The number of carbonyl (C=O) groups is 3. The average Bonchev–Trinajstić information content (AvgIpc) is 3.33. The van der Waals surface area contributed by atoms with Crippen LogP contribution in [0.4, 0.5) is 5.00 Å². The maximum atomic E-state index is 12.4. The van der Waals surface area contributed by atoms with Crippen LogP contribution in [0.3, 0.4) is 0 Å². The van der Waals surface area contributed by atoms with Gasteiger partial charge in [-0.15, -0.1) is 11.3 Å². The summed E-state index contributed by atoms with van der Waals surface area (Å²) in [6.07, 6.45) is 2.61. The Bertz CT molecular complexity index is 1160. The molecular formula is C20H17BrN2O5S. The summed E-state index contributed by atoms with van der Waals surface area (Å²) < 4.78 is 11.5. The number of nitrogens with one attached hydrogen (secondary N) is 1. The van der Waals surface area contributed by atoms with Crippen LogP contribution in [0.25, 0.3) is 11.0 Å². The quantitative estimate of drug-likeness (QED) is 0.541. The molecule has 4 rings (SSSR count). The van der Waals surface area contributed by atoms with Crippen molar-refractivity contribution in [2.75, 3.05) is 11.9 Å². The molecule has 7 nitrogen and oxygen atoms in total. The molecule has 3 N–H and O–H groups in total. The number of benzene rings is 1. The second-order valence-corrected chi connectivity index (χ2v) is 8.77. The van der Waals surface area contributed by atoms with Crippen LogP contribution in [0.15, 0.2) is 27.1 Å². The van der Waals surface area contributed by atoms with Gasteiger partial charge < -0.3 is 20.2 Å². The number of halogens is 1. The first-order valence-corrected chi connectivity index (χ1v) is 10.6. The Hall–Kier alpha value is -2.65. The van der Waals surface area contributed by atoms with Crippen LogP contribution in [0.2, 0.25) is 0 Å². The van der Waals surface area contributed by atoms with Crippen LogP contribution in [-0.4, -0.2) is 24.4 Å². The normalized spacial score (nSPS) is 12.8. The third-order valence-electron chi connectivity index (χ3n) is 4.84. The largest absolute Gasteiger partial charge is 0.450 e. The zero-order valence-corrected chi connectivity index (χ0v) is 17.9. The number of fused-ring (bicyclic) bond motifs is 2. The van der Waals surface area contributed by atoms with Crippen molar-refractivity contribution >= 4 is 61.0 Å². The molecular weight excluding hydrogens is 460 g/mol. The monoisotopic (exact) mass is 476 g/mol. The molecule has 2 amide bonds. The number of esters is 1. The summed E-state index contributed by atoms with van der Waals surface area (Å²) in [5.41, 5.74) is 7.96. The Kier molecular flexibility index (Phi) is 5.18. The Morgan fingerprint density at radius 1 is 1.31 bits per heavy atom. The number of carbonyl (C=O) groups excluding carboxylic acids is 3. The summed E-state index contributed by atoms with van der Waals surface area (Å²) in [4.78, 5) is 37.5. The Balaban J connectivity index is 1.45. The highest BCUT2D eigenvalue weighted by atomic mass is 79.9. The lowest BCUT2D eigenvalue weighted by Crippen LogP contribution is -2.22. The summed E-state index contributed by atoms with van der Waals surface area (Å²) in [6.45, 7) is 1.25. The first kappa shape index (κ1) is 19.7. The molecule has 29 heavy (non-hydrogen) atoms. The van der Waals surface area contributed by atoms with E-state index in [0.29, 0.717) is 21.7 Å². The zero-order valence-electron chi connectivity index (χ0n) is 15.5. The molecule has 1 aliphatic carbocycles. The molecule has 1 aromatic carbocycles. The molecule has 1 aliphatic rings. The number of thiophene rings is 1. The number of hydrogen-bond acceptors (Lipinski definition) is 6. The van der Waals surface area contributed by atoms with Gasteiger partial charge in [-0.25, -0.2) is 4.79 Å². The summed E-state index contributed by atoms with van der Waals surface area (Å²) in [5, 5.41) is 3.84. The molecule has 0 unspecified atom stereocenters. The summed E-state index contributed by atoms with van der Waals surface area (Å²) in [7, 11) is 0. The number of aryl methyl sites for hydroxylation is 2. The maximum absolute atomic E-state index is 12.4. The fraction of sp³-hybridized carbons (Fsp3) is 0.250. The van der Waals surface area contributed by atoms with Crippen molar-refractivity contribution in [2.24, 2.45) is 5.73 Å². The molecule has 0 spiro atoms. The predicted octanol–water partition coefficient (Wildman–Crippen LogP) is 3.95. The number of primary amides is 1. The van der Waals surface area contributed by atoms with E-state index in [9.17, 15) is 14.4 Å². The minimum absolute atomic E-state index is 0.0545. The number of ether oxygens (including phenoxy) is 1. The van der Waals surface area contributed by atoms with Gasteiger partial charge in [-0.3, -0.25) is 9.59 Å². The standard InChI is InChI=1S/C20H17BrN2O5S/c1-9-12-7-10(21)5-6-13(12)28-17(9)20(26)27-8-15(24)23-19-16(18(22)25)11-3-2-4-14(11)29-19/h5-7H,2-4,8H2,1H3,(H2,22,25)(H,23,24). The molecule has 9 heteroatoms. The van der Waals surface area contributed by atoms with Crippen LogP contribution in [0.5, 0.6) is 0 Å². The second kappa shape index (κ2) is 7.64. The number of rotatable bonds is 5. The summed E-state index contributed by atoms with van der Waals surface area (Å²) >= 11 is 4.73. The molecule has 2 heterocycles. The minimum atomic E-state index is -0.728. The number of hydrogen-bond donors (Lipinski definition) is 2. The van der Waals surface area contributed by atoms with Crippen LogP contribution in [-0.2, 0) is 22.4 Å². The van der Waals surface area contributed by atoms with Crippen LogP contribution in [0.1, 0.15) is 43.3 Å². The number of anilines is 1. The van der Waals surface area contributed by atoms with Crippen molar-refractivity contribution in [3.8, 4) is 0 Å². The molecule has 0 bridgehead atoms. The van der Waals surface area contributed by atoms with E-state index in [-0.39, 0.29) is 5.76 Å². The third kappa shape index (κ3) is 3.67. The lowest BCUT2D eigenvalue weighted by molar-refractivity contribution is -0.119. The van der Waals surface area contributed by atoms with E-state index in [1.54, 1.807) is 13.0 Å². The lowest BCUT2D eigenvalue weighted by atomic mass is 10.1. The minimum Gasteiger partial charge on any atom is -0.450 e. The SMILES string of the molecule is Cc1c(C(=O)OCC(=O)Nc2sc3c(c2C(N)=O)CCC3)oc2ccc(Br)cc12. The van der Waals surface area contributed by atoms with Crippen molar-refractivity contribution in [3.05, 3.63) is 50.0 Å². The van der Waals surface area contributed by atoms with Crippen molar-refractivity contribution in [3.63, 3.8) is 0 Å². The second-order valence-electron chi connectivity index (χ2n) is 6.75. The number of furan rings is 1. The van der Waals surface area contributed by atoms with Gasteiger partial charge in [0, 0.05) is 20.3 Å². The molecule has 0 fully saturated rings. The molecule has 0 atom stereocenters. The maximum Gasteiger partial charge on any atom is 0.375 e. The third-order valence-corrected chi connectivity index (χ3v) is 6.54. The van der Waals surface area contributed by atoms with E-state index in [2.05, 4.69) is 21.2 Å². The van der Waals surface area contributed by atoms with Crippen LogP contribution in [0, 0.1) is 6.92 Å². The van der Waals surface area contributed by atoms with Crippen molar-refractivity contribution in [2.45, 2.75) is 26.2 Å². The van der Waals surface area contributed by atoms with E-state index in [1.165, 1.54) is 11.3 Å². The Labute approximate surface area is 178 Å². The highest BCUT2D eigenvalue weighted by Crippen LogP contribution is 2.38. The van der Waals surface area contributed by atoms with Crippen molar-refractivity contribution in [1.82, 2.24) is 0 Å². The van der Waals surface area contributed by atoms with Gasteiger partial charge in [0.25, 0.3) is 11.8 Å². The van der Waals surface area contributed by atoms with Crippen molar-refractivity contribution in [1.29, 1.82) is 0 Å². The van der Waals surface area contributed by atoms with Crippen LogP contribution < -0.4 is 11.1 Å². The smallest absolute Gasteiger partial charge is 0.375 e. The van der Waals surface area contributed by atoms with Gasteiger partial charge >= 0.3 is 5.97 Å². The summed E-state index contributed by atoms with van der Waals surface area (Å²) in [6, 6.07) is 5.40.